The number of carbonyl (C=O) groups is 1. The summed E-state index contributed by atoms with van der Waals surface area (Å²) in [6.07, 6.45) is 0. The van der Waals surface area contributed by atoms with Crippen molar-refractivity contribution in [2.24, 2.45) is 0 Å². The maximum Gasteiger partial charge on any atom is 0.341 e. The number of fused-ring (bicyclic) bond motifs is 1. The molecule has 1 aliphatic heterocycles. The Morgan fingerprint density at radius 3 is 2.87 bits per heavy atom. The lowest BCUT2D eigenvalue weighted by molar-refractivity contribution is 0.0595. The highest BCUT2D eigenvalue weighted by Gasteiger charge is 2.27. The zero-order valence-corrected chi connectivity index (χ0v) is 9.83. The van der Waals surface area contributed by atoms with Crippen LogP contribution in [0.2, 0.25) is 0 Å². The molecule has 1 aliphatic rings. The molecule has 0 fully saturated rings. The number of benzene rings is 1. The van der Waals surface area contributed by atoms with Crippen LogP contribution in [-0.2, 0) is 4.74 Å². The Kier molecular flexibility index (Phi) is 2.68. The first-order chi connectivity index (χ1) is 7.15. The standard InChI is InChI=1S/C9H6FIO4/c1-13-9(12)4-2-5(10)6(11)8-7(4)14-3-15-8/h2H,3H2,1H3. The number of esters is 1. The second-order valence-electron chi connectivity index (χ2n) is 2.78. The summed E-state index contributed by atoms with van der Waals surface area (Å²) in [6, 6.07) is 1.08. The number of methoxy groups -OCH3 is 1. The van der Waals surface area contributed by atoms with Gasteiger partial charge in [-0.15, -0.1) is 0 Å². The molecule has 0 saturated heterocycles. The lowest BCUT2D eigenvalue weighted by atomic mass is 10.2. The highest BCUT2D eigenvalue weighted by atomic mass is 127. The van der Waals surface area contributed by atoms with Gasteiger partial charge in [0.05, 0.1) is 10.7 Å². The molecule has 4 nitrogen and oxygen atoms in total. The zero-order chi connectivity index (χ0) is 11.0. The fourth-order valence-electron chi connectivity index (χ4n) is 1.27. The van der Waals surface area contributed by atoms with Gasteiger partial charge >= 0.3 is 5.97 Å². The van der Waals surface area contributed by atoms with Crippen molar-refractivity contribution in [3.63, 3.8) is 0 Å². The molecular weight excluding hydrogens is 318 g/mol. The summed E-state index contributed by atoms with van der Waals surface area (Å²) >= 11 is 1.79. The van der Waals surface area contributed by atoms with Crippen molar-refractivity contribution in [3.8, 4) is 11.5 Å². The van der Waals surface area contributed by atoms with Crippen molar-refractivity contribution < 1.29 is 23.4 Å². The molecule has 0 unspecified atom stereocenters. The molecule has 0 spiro atoms. The maximum atomic E-state index is 13.4. The van der Waals surface area contributed by atoms with E-state index < -0.39 is 11.8 Å². The van der Waals surface area contributed by atoms with E-state index >= 15 is 0 Å². The first kappa shape index (κ1) is 10.5. The molecule has 0 aliphatic carbocycles. The highest BCUT2D eigenvalue weighted by Crippen LogP contribution is 2.41. The van der Waals surface area contributed by atoms with Gasteiger partial charge in [-0.3, -0.25) is 0 Å². The second-order valence-corrected chi connectivity index (χ2v) is 3.86. The van der Waals surface area contributed by atoms with Gasteiger partial charge in [0.25, 0.3) is 0 Å². The summed E-state index contributed by atoms with van der Waals surface area (Å²) < 4.78 is 28.4. The normalized spacial score (nSPS) is 12.7. The van der Waals surface area contributed by atoms with Gasteiger partial charge in [0, 0.05) is 0 Å². The Morgan fingerprint density at radius 1 is 1.53 bits per heavy atom. The van der Waals surface area contributed by atoms with Crippen LogP contribution in [0.15, 0.2) is 6.07 Å². The smallest absolute Gasteiger partial charge is 0.341 e. The molecule has 15 heavy (non-hydrogen) atoms. The van der Waals surface area contributed by atoms with Crippen molar-refractivity contribution in [2.45, 2.75) is 0 Å². The van der Waals surface area contributed by atoms with Gasteiger partial charge in [0.1, 0.15) is 11.4 Å². The van der Waals surface area contributed by atoms with Gasteiger partial charge in [-0.1, -0.05) is 0 Å². The van der Waals surface area contributed by atoms with E-state index in [-0.39, 0.29) is 23.9 Å². The first-order valence-electron chi connectivity index (χ1n) is 4.01. The van der Waals surface area contributed by atoms with Crippen LogP contribution in [0, 0.1) is 9.39 Å². The van der Waals surface area contributed by atoms with E-state index in [2.05, 4.69) is 4.74 Å². The van der Waals surface area contributed by atoms with E-state index in [1.54, 1.807) is 22.6 Å². The molecule has 0 bridgehead atoms. The van der Waals surface area contributed by atoms with E-state index in [1.807, 2.05) is 0 Å². The molecular formula is C9H6FIO4. The van der Waals surface area contributed by atoms with Crippen LogP contribution >= 0.6 is 22.6 Å². The van der Waals surface area contributed by atoms with E-state index in [0.29, 0.717) is 3.57 Å². The summed E-state index contributed by atoms with van der Waals surface area (Å²) in [7, 11) is 1.22. The van der Waals surface area contributed by atoms with Crippen LogP contribution in [0.5, 0.6) is 11.5 Å². The summed E-state index contributed by atoms with van der Waals surface area (Å²) in [5, 5.41) is 0. The molecule has 1 aromatic rings. The molecule has 2 rings (SSSR count). The largest absolute Gasteiger partial charge is 0.465 e. The summed E-state index contributed by atoms with van der Waals surface area (Å²) in [5.74, 6) is -0.670. The average molecular weight is 324 g/mol. The Labute approximate surface area is 98.4 Å². The van der Waals surface area contributed by atoms with Crippen molar-refractivity contribution >= 4 is 28.6 Å². The molecule has 6 heteroatoms. The third-order valence-electron chi connectivity index (χ3n) is 1.94. The fraction of sp³-hybridized carbons (Fsp3) is 0.222. The maximum absolute atomic E-state index is 13.4. The van der Waals surface area contributed by atoms with E-state index in [0.717, 1.165) is 6.07 Å². The lowest BCUT2D eigenvalue weighted by Gasteiger charge is -2.05. The van der Waals surface area contributed by atoms with Crippen molar-refractivity contribution in [2.75, 3.05) is 13.9 Å². The summed E-state index contributed by atoms with van der Waals surface area (Å²) in [4.78, 5) is 11.3. The number of halogens is 2. The van der Waals surface area contributed by atoms with Gasteiger partial charge in [0.2, 0.25) is 6.79 Å². The van der Waals surface area contributed by atoms with Crippen molar-refractivity contribution in [1.29, 1.82) is 0 Å². The predicted molar refractivity (Wildman–Crippen MR) is 56.6 cm³/mol. The molecule has 80 valence electrons. The molecule has 0 saturated carbocycles. The number of hydrogen-bond acceptors (Lipinski definition) is 4. The van der Waals surface area contributed by atoms with Crippen molar-refractivity contribution in [1.82, 2.24) is 0 Å². The van der Waals surface area contributed by atoms with Gasteiger partial charge in [-0.05, 0) is 28.7 Å². The second kappa shape index (κ2) is 3.84. The summed E-state index contributed by atoms with van der Waals surface area (Å²) in [5.41, 5.74) is 0.0444. The zero-order valence-electron chi connectivity index (χ0n) is 7.67. The third-order valence-corrected chi connectivity index (χ3v) is 2.95. The topological polar surface area (TPSA) is 44.8 Å². The van der Waals surface area contributed by atoms with E-state index in [4.69, 9.17) is 9.47 Å². The number of hydrogen-bond donors (Lipinski definition) is 0. The Morgan fingerprint density at radius 2 is 2.20 bits per heavy atom. The van der Waals surface area contributed by atoms with Crippen LogP contribution in [0.3, 0.4) is 0 Å². The minimum absolute atomic E-state index is 0.0151. The quantitative estimate of drug-likeness (QED) is 0.585. The first-order valence-corrected chi connectivity index (χ1v) is 5.09. The minimum atomic E-state index is -0.646. The predicted octanol–water partition coefficient (Wildman–Crippen LogP) is 1.95. The van der Waals surface area contributed by atoms with Crippen LogP contribution in [0.4, 0.5) is 4.39 Å². The van der Waals surface area contributed by atoms with Crippen LogP contribution in [0.25, 0.3) is 0 Å². The molecule has 1 aromatic carbocycles. The SMILES string of the molecule is COC(=O)c1cc(F)c(I)c2c1OCO2. The Balaban J connectivity index is 2.62. The molecule has 0 radical (unpaired) electrons. The summed E-state index contributed by atoms with van der Waals surface area (Å²) in [6.45, 7) is -0.0151. The van der Waals surface area contributed by atoms with E-state index in [1.165, 1.54) is 7.11 Å². The number of carbonyl (C=O) groups excluding carboxylic acids is 1. The molecule has 0 aromatic heterocycles. The van der Waals surface area contributed by atoms with Crippen LogP contribution in [-0.4, -0.2) is 19.9 Å². The number of ether oxygens (including phenoxy) is 3. The van der Waals surface area contributed by atoms with Crippen LogP contribution < -0.4 is 9.47 Å². The number of rotatable bonds is 1. The molecule has 0 amide bonds. The Bertz CT molecular complexity index is 433. The van der Waals surface area contributed by atoms with Gasteiger partial charge in [-0.2, -0.15) is 0 Å². The average Bonchev–Trinajstić information content (AvgIpc) is 2.71. The fourth-order valence-corrected chi connectivity index (χ4v) is 1.82. The van der Waals surface area contributed by atoms with Gasteiger partial charge in [-0.25, -0.2) is 9.18 Å². The minimum Gasteiger partial charge on any atom is -0.465 e. The van der Waals surface area contributed by atoms with Crippen LogP contribution in [0.1, 0.15) is 10.4 Å². The Hall–Kier alpha value is -1.05. The molecule has 0 atom stereocenters. The third kappa shape index (κ3) is 1.62. The van der Waals surface area contributed by atoms with Gasteiger partial charge in [0.15, 0.2) is 11.5 Å². The lowest BCUT2D eigenvalue weighted by Crippen LogP contribution is -2.04. The van der Waals surface area contributed by atoms with Gasteiger partial charge < -0.3 is 14.2 Å². The molecule has 1 heterocycles. The van der Waals surface area contributed by atoms with Crippen molar-refractivity contribution in [3.05, 3.63) is 21.0 Å². The monoisotopic (exact) mass is 324 g/mol. The van der Waals surface area contributed by atoms with E-state index in [9.17, 15) is 9.18 Å². The highest BCUT2D eigenvalue weighted by molar-refractivity contribution is 14.1. The molecule has 0 N–H and O–H groups in total.